The summed E-state index contributed by atoms with van der Waals surface area (Å²) in [4.78, 5) is 25.3. The molecule has 0 unspecified atom stereocenters. The number of hydrogen-bond donors (Lipinski definition) is 1. The lowest BCUT2D eigenvalue weighted by atomic mass is 10.2. The predicted octanol–water partition coefficient (Wildman–Crippen LogP) is 3.62. The number of benzene rings is 2. The van der Waals surface area contributed by atoms with Crippen molar-refractivity contribution in [2.24, 2.45) is 0 Å². The normalized spacial score (nSPS) is 10.3. The minimum atomic E-state index is -1.09. The zero-order valence-electron chi connectivity index (χ0n) is 13.5. The Morgan fingerprint density at radius 1 is 1.16 bits per heavy atom. The maximum Gasteiger partial charge on any atom is 0.244 e. The molecule has 0 saturated heterocycles. The van der Waals surface area contributed by atoms with Crippen LogP contribution in [0, 0.1) is 11.6 Å². The Labute approximate surface area is 148 Å². The van der Waals surface area contributed by atoms with Crippen molar-refractivity contribution in [1.82, 2.24) is 0 Å². The third-order valence-electron chi connectivity index (χ3n) is 3.32. The van der Waals surface area contributed by atoms with E-state index >= 15 is 0 Å². The van der Waals surface area contributed by atoms with Crippen LogP contribution in [0.5, 0.6) is 5.75 Å². The van der Waals surface area contributed by atoms with Crippen LogP contribution in [0.15, 0.2) is 36.4 Å². The van der Waals surface area contributed by atoms with E-state index in [0.717, 1.165) is 12.1 Å². The van der Waals surface area contributed by atoms with E-state index in [-0.39, 0.29) is 12.2 Å². The molecule has 0 atom stereocenters. The van der Waals surface area contributed by atoms with Crippen molar-refractivity contribution < 1.29 is 23.1 Å². The number of nitrogens with one attached hydrogen (secondary N) is 1. The van der Waals surface area contributed by atoms with Gasteiger partial charge < -0.3 is 10.1 Å². The molecular weight excluding hydrogens is 354 g/mol. The second kappa shape index (κ2) is 7.94. The third-order valence-corrected chi connectivity index (χ3v) is 3.55. The molecule has 5 nitrogen and oxygen atoms in total. The molecule has 0 aliphatic heterocycles. The first kappa shape index (κ1) is 18.7. The molecule has 0 aliphatic carbocycles. The van der Waals surface area contributed by atoms with Crippen LogP contribution in [0.1, 0.15) is 6.92 Å². The number of methoxy groups -OCH3 is 1. The van der Waals surface area contributed by atoms with Crippen LogP contribution in [0.2, 0.25) is 5.02 Å². The number of rotatable bonds is 5. The number of ether oxygens (including phenoxy) is 1. The molecule has 2 rings (SSSR count). The highest BCUT2D eigenvalue weighted by Gasteiger charge is 2.20. The summed E-state index contributed by atoms with van der Waals surface area (Å²) in [5.74, 6) is -2.76. The fourth-order valence-corrected chi connectivity index (χ4v) is 2.32. The number of amides is 2. The van der Waals surface area contributed by atoms with Crippen molar-refractivity contribution in [1.29, 1.82) is 0 Å². The average molecular weight is 369 g/mol. The molecule has 0 spiro atoms. The Morgan fingerprint density at radius 3 is 2.48 bits per heavy atom. The van der Waals surface area contributed by atoms with Gasteiger partial charge in [0, 0.05) is 23.7 Å². The number of anilines is 2. The van der Waals surface area contributed by atoms with Gasteiger partial charge in [0.25, 0.3) is 0 Å². The van der Waals surface area contributed by atoms with Crippen molar-refractivity contribution in [3.63, 3.8) is 0 Å². The lowest BCUT2D eigenvalue weighted by Gasteiger charge is -2.23. The van der Waals surface area contributed by atoms with Gasteiger partial charge >= 0.3 is 0 Å². The van der Waals surface area contributed by atoms with Crippen molar-refractivity contribution >= 4 is 34.8 Å². The smallest absolute Gasteiger partial charge is 0.244 e. The molecule has 0 aromatic heterocycles. The van der Waals surface area contributed by atoms with Crippen LogP contribution in [0.4, 0.5) is 20.2 Å². The van der Waals surface area contributed by atoms with Gasteiger partial charge in [-0.15, -0.1) is 0 Å². The summed E-state index contributed by atoms with van der Waals surface area (Å²) in [6.45, 7) is 0.927. The Kier molecular flexibility index (Phi) is 5.93. The first-order valence-electron chi connectivity index (χ1n) is 7.18. The Morgan fingerprint density at radius 2 is 1.88 bits per heavy atom. The van der Waals surface area contributed by atoms with Crippen LogP contribution in [-0.2, 0) is 9.59 Å². The summed E-state index contributed by atoms with van der Waals surface area (Å²) < 4.78 is 31.3. The highest BCUT2D eigenvalue weighted by atomic mass is 35.5. The zero-order valence-corrected chi connectivity index (χ0v) is 14.2. The van der Waals surface area contributed by atoms with Crippen molar-refractivity contribution in [3.8, 4) is 5.75 Å². The first-order chi connectivity index (χ1) is 11.8. The second-order valence-corrected chi connectivity index (χ2v) is 5.53. The molecule has 8 heteroatoms. The van der Waals surface area contributed by atoms with Crippen LogP contribution in [0.3, 0.4) is 0 Å². The second-order valence-electron chi connectivity index (χ2n) is 5.10. The molecule has 2 amide bonds. The van der Waals surface area contributed by atoms with Gasteiger partial charge in [0.1, 0.15) is 12.3 Å². The SMILES string of the molecule is COc1ccc(Cl)cc1N(CC(=O)Nc1ccc(F)c(F)c1)C(C)=O. The highest BCUT2D eigenvalue weighted by molar-refractivity contribution is 6.31. The van der Waals surface area contributed by atoms with E-state index in [1.807, 2.05) is 0 Å². The van der Waals surface area contributed by atoms with Crippen molar-refractivity contribution in [2.75, 3.05) is 23.9 Å². The third kappa shape index (κ3) is 4.67. The highest BCUT2D eigenvalue weighted by Crippen LogP contribution is 2.31. The van der Waals surface area contributed by atoms with Gasteiger partial charge in [-0.25, -0.2) is 8.78 Å². The average Bonchev–Trinajstić information content (AvgIpc) is 2.55. The van der Waals surface area contributed by atoms with Gasteiger partial charge in [0.15, 0.2) is 11.6 Å². The topological polar surface area (TPSA) is 58.6 Å². The molecule has 0 radical (unpaired) electrons. The van der Waals surface area contributed by atoms with Gasteiger partial charge in [0.05, 0.1) is 12.8 Å². The monoisotopic (exact) mass is 368 g/mol. The fourth-order valence-electron chi connectivity index (χ4n) is 2.16. The number of nitrogens with zero attached hydrogens (tertiary/aromatic N) is 1. The molecule has 2 aromatic rings. The van der Waals surface area contributed by atoms with Crippen LogP contribution < -0.4 is 15.0 Å². The number of carbonyl (C=O) groups is 2. The summed E-state index contributed by atoms with van der Waals surface area (Å²) in [6, 6.07) is 7.62. The molecule has 1 N–H and O–H groups in total. The first-order valence-corrected chi connectivity index (χ1v) is 7.56. The van der Waals surface area contributed by atoms with E-state index in [2.05, 4.69) is 5.32 Å². The van der Waals surface area contributed by atoms with Crippen LogP contribution >= 0.6 is 11.6 Å². The van der Waals surface area contributed by atoms with Gasteiger partial charge in [-0.2, -0.15) is 0 Å². The summed E-state index contributed by atoms with van der Waals surface area (Å²) in [7, 11) is 1.42. The number of hydrogen-bond acceptors (Lipinski definition) is 3. The quantitative estimate of drug-likeness (QED) is 0.877. The maximum absolute atomic E-state index is 13.2. The van der Waals surface area contributed by atoms with Gasteiger partial charge in [-0.05, 0) is 30.3 Å². The van der Waals surface area contributed by atoms with Gasteiger partial charge in [-0.1, -0.05) is 11.6 Å². The molecule has 2 aromatic carbocycles. The standard InChI is InChI=1S/C17H15ClF2N2O3/c1-10(23)22(15-7-11(18)3-6-16(15)25-2)9-17(24)21-12-4-5-13(19)14(20)8-12/h3-8H,9H2,1-2H3,(H,21,24). The lowest BCUT2D eigenvalue weighted by molar-refractivity contribution is -0.120. The van der Waals surface area contributed by atoms with E-state index in [9.17, 15) is 18.4 Å². The van der Waals surface area contributed by atoms with E-state index in [0.29, 0.717) is 16.5 Å². The Bertz CT molecular complexity index is 814. The summed E-state index contributed by atoms with van der Waals surface area (Å²) in [5.41, 5.74) is 0.397. The van der Waals surface area contributed by atoms with E-state index < -0.39 is 23.4 Å². The van der Waals surface area contributed by atoms with Crippen LogP contribution in [0.25, 0.3) is 0 Å². The minimum absolute atomic E-state index is 0.0745. The summed E-state index contributed by atoms with van der Waals surface area (Å²) >= 11 is 5.95. The maximum atomic E-state index is 13.2. The van der Waals surface area contributed by atoms with Crippen molar-refractivity contribution in [2.45, 2.75) is 6.92 Å². The molecule has 132 valence electrons. The fraction of sp³-hybridized carbons (Fsp3) is 0.176. The van der Waals surface area contributed by atoms with E-state index in [4.69, 9.17) is 16.3 Å². The minimum Gasteiger partial charge on any atom is -0.495 e. The molecular formula is C17H15ClF2N2O3. The van der Waals surface area contributed by atoms with Gasteiger partial charge in [0.2, 0.25) is 11.8 Å². The van der Waals surface area contributed by atoms with Crippen molar-refractivity contribution in [3.05, 3.63) is 53.1 Å². The number of carbonyl (C=O) groups excluding carboxylic acids is 2. The largest absolute Gasteiger partial charge is 0.495 e. The molecule has 0 saturated carbocycles. The molecule has 0 bridgehead atoms. The number of halogens is 3. The summed E-state index contributed by atoms with van der Waals surface area (Å²) in [6.07, 6.45) is 0. The molecule has 0 fully saturated rings. The summed E-state index contributed by atoms with van der Waals surface area (Å²) in [5, 5.41) is 2.77. The van der Waals surface area contributed by atoms with E-state index in [1.54, 1.807) is 12.1 Å². The van der Waals surface area contributed by atoms with Gasteiger partial charge in [-0.3, -0.25) is 14.5 Å². The molecule has 0 aliphatic rings. The Hall–Kier alpha value is -2.67. The lowest BCUT2D eigenvalue weighted by Crippen LogP contribution is -2.37. The molecule has 0 heterocycles. The van der Waals surface area contributed by atoms with Crippen LogP contribution in [-0.4, -0.2) is 25.5 Å². The van der Waals surface area contributed by atoms with E-state index in [1.165, 1.54) is 31.1 Å². The zero-order chi connectivity index (χ0) is 18.6. The predicted molar refractivity (Wildman–Crippen MR) is 91.0 cm³/mol. The molecule has 25 heavy (non-hydrogen) atoms. The Balaban J connectivity index is 2.21.